The van der Waals surface area contributed by atoms with Crippen LogP contribution in [0.5, 0.6) is 0 Å². The monoisotopic (exact) mass is 240 g/mol. The lowest BCUT2D eigenvalue weighted by Gasteiger charge is -2.22. The molecular formula is C13H24N2S. The summed E-state index contributed by atoms with van der Waals surface area (Å²) in [7, 11) is 2.04. The van der Waals surface area contributed by atoms with Gasteiger partial charge in [-0.2, -0.15) is 0 Å². The lowest BCUT2D eigenvalue weighted by atomic mass is 9.88. The van der Waals surface area contributed by atoms with Crippen LogP contribution >= 0.6 is 11.3 Å². The van der Waals surface area contributed by atoms with Gasteiger partial charge in [0.15, 0.2) is 0 Å². The Hall–Kier alpha value is -0.410. The summed E-state index contributed by atoms with van der Waals surface area (Å²) in [6, 6.07) is 0.463. The third-order valence-electron chi connectivity index (χ3n) is 2.79. The molecule has 1 rings (SSSR count). The summed E-state index contributed by atoms with van der Waals surface area (Å²) < 4.78 is 0. The lowest BCUT2D eigenvalue weighted by molar-refractivity contribution is 0.339. The summed E-state index contributed by atoms with van der Waals surface area (Å²) in [6.45, 7) is 11.1. The van der Waals surface area contributed by atoms with E-state index in [2.05, 4.69) is 44.9 Å². The minimum Gasteiger partial charge on any atom is -0.312 e. The smallest absolute Gasteiger partial charge is 0.0900 e. The molecule has 1 unspecified atom stereocenters. The number of hydrogen-bond acceptors (Lipinski definition) is 3. The number of hydrogen-bond donors (Lipinski definition) is 1. The number of aryl methyl sites for hydroxylation is 2. The average Bonchev–Trinajstić information content (AvgIpc) is 2.45. The second-order valence-corrected chi connectivity index (χ2v) is 6.86. The van der Waals surface area contributed by atoms with Crippen LogP contribution in [0.1, 0.15) is 55.2 Å². The minimum atomic E-state index is 0.405. The van der Waals surface area contributed by atoms with Crippen LogP contribution in [-0.2, 0) is 0 Å². The molecule has 0 aliphatic carbocycles. The first-order valence-corrected chi connectivity index (χ1v) is 6.76. The van der Waals surface area contributed by atoms with Crippen LogP contribution in [0.4, 0.5) is 0 Å². The van der Waals surface area contributed by atoms with E-state index in [1.165, 1.54) is 28.4 Å². The predicted molar refractivity (Wildman–Crippen MR) is 72.1 cm³/mol. The van der Waals surface area contributed by atoms with Crippen molar-refractivity contribution in [3.63, 3.8) is 0 Å². The second-order valence-electron chi connectivity index (χ2n) is 5.62. The molecule has 0 bridgehead atoms. The fraction of sp³-hybridized carbons (Fsp3) is 0.769. The number of thiazole rings is 1. The Morgan fingerprint density at radius 3 is 2.31 bits per heavy atom. The van der Waals surface area contributed by atoms with Crippen molar-refractivity contribution >= 4 is 11.3 Å². The van der Waals surface area contributed by atoms with Gasteiger partial charge in [0.1, 0.15) is 0 Å². The van der Waals surface area contributed by atoms with Gasteiger partial charge in [-0.25, -0.2) is 4.98 Å². The summed E-state index contributed by atoms with van der Waals surface area (Å²) in [6.07, 6.45) is 2.41. The Kier molecular flexibility index (Phi) is 4.51. The van der Waals surface area contributed by atoms with E-state index in [4.69, 9.17) is 0 Å². The van der Waals surface area contributed by atoms with Crippen LogP contribution in [-0.4, -0.2) is 12.0 Å². The summed E-state index contributed by atoms with van der Waals surface area (Å²) in [5.74, 6) is 0. The van der Waals surface area contributed by atoms with Crippen molar-refractivity contribution in [1.82, 2.24) is 10.3 Å². The SMILES string of the molecule is CNC(CCC(C)(C)C)c1sc(C)nc1C. The van der Waals surface area contributed by atoms with Gasteiger partial charge in [0.25, 0.3) is 0 Å². The molecule has 16 heavy (non-hydrogen) atoms. The molecule has 0 saturated carbocycles. The molecular weight excluding hydrogens is 216 g/mol. The highest BCUT2D eigenvalue weighted by Crippen LogP contribution is 2.31. The number of rotatable bonds is 4. The number of nitrogens with one attached hydrogen (secondary N) is 1. The molecule has 0 aliphatic rings. The first-order chi connectivity index (χ1) is 7.33. The standard InChI is InChI=1S/C13H24N2S/c1-9-12(16-10(2)15-9)11(14-6)7-8-13(3,4)5/h11,14H,7-8H2,1-6H3. The fourth-order valence-electron chi connectivity index (χ4n) is 1.85. The van der Waals surface area contributed by atoms with Crippen LogP contribution in [0.15, 0.2) is 0 Å². The molecule has 3 heteroatoms. The quantitative estimate of drug-likeness (QED) is 0.864. The van der Waals surface area contributed by atoms with E-state index in [9.17, 15) is 0 Å². The summed E-state index contributed by atoms with van der Waals surface area (Å²) in [4.78, 5) is 5.91. The zero-order valence-corrected chi connectivity index (χ0v) is 12.2. The van der Waals surface area contributed by atoms with E-state index in [1.54, 1.807) is 0 Å². The molecule has 0 radical (unpaired) electrons. The fourth-order valence-corrected chi connectivity index (χ4v) is 2.93. The molecule has 2 nitrogen and oxygen atoms in total. The molecule has 0 aliphatic heterocycles. The number of aromatic nitrogens is 1. The van der Waals surface area contributed by atoms with Crippen molar-refractivity contribution < 1.29 is 0 Å². The molecule has 1 aromatic heterocycles. The van der Waals surface area contributed by atoms with Crippen molar-refractivity contribution in [2.75, 3.05) is 7.05 Å². The highest BCUT2D eigenvalue weighted by atomic mass is 32.1. The summed E-state index contributed by atoms with van der Waals surface area (Å²) in [5, 5.41) is 4.59. The van der Waals surface area contributed by atoms with Crippen LogP contribution in [0, 0.1) is 19.3 Å². The first kappa shape index (κ1) is 13.7. The van der Waals surface area contributed by atoms with E-state index in [0.29, 0.717) is 11.5 Å². The summed E-state index contributed by atoms with van der Waals surface area (Å²) >= 11 is 1.82. The van der Waals surface area contributed by atoms with Crippen molar-refractivity contribution in [1.29, 1.82) is 0 Å². The van der Waals surface area contributed by atoms with Crippen molar-refractivity contribution in [3.05, 3.63) is 15.6 Å². The normalized spacial score (nSPS) is 14.1. The van der Waals surface area contributed by atoms with Gasteiger partial charge >= 0.3 is 0 Å². The molecule has 1 heterocycles. The van der Waals surface area contributed by atoms with Gasteiger partial charge in [-0.1, -0.05) is 20.8 Å². The zero-order valence-electron chi connectivity index (χ0n) is 11.3. The first-order valence-electron chi connectivity index (χ1n) is 5.94. The van der Waals surface area contributed by atoms with Gasteiger partial charge in [0, 0.05) is 10.9 Å². The Balaban J connectivity index is 2.71. The van der Waals surface area contributed by atoms with Gasteiger partial charge in [-0.3, -0.25) is 0 Å². The van der Waals surface area contributed by atoms with Crippen molar-refractivity contribution in [3.8, 4) is 0 Å². The molecule has 0 spiro atoms. The Labute approximate surface area is 103 Å². The molecule has 0 fully saturated rings. The number of nitrogens with zero attached hydrogens (tertiary/aromatic N) is 1. The van der Waals surface area contributed by atoms with Crippen molar-refractivity contribution in [2.24, 2.45) is 5.41 Å². The van der Waals surface area contributed by atoms with Crippen LogP contribution in [0.3, 0.4) is 0 Å². The average molecular weight is 240 g/mol. The highest BCUT2D eigenvalue weighted by molar-refractivity contribution is 7.11. The van der Waals surface area contributed by atoms with Gasteiger partial charge in [0.05, 0.1) is 10.7 Å². The highest BCUT2D eigenvalue weighted by Gasteiger charge is 2.19. The Morgan fingerprint density at radius 1 is 1.31 bits per heavy atom. The predicted octanol–water partition coefficient (Wildman–Crippen LogP) is 3.85. The topological polar surface area (TPSA) is 24.9 Å². The van der Waals surface area contributed by atoms with Gasteiger partial charge in [0.2, 0.25) is 0 Å². The summed E-state index contributed by atoms with van der Waals surface area (Å²) in [5.41, 5.74) is 1.60. The van der Waals surface area contributed by atoms with E-state index >= 15 is 0 Å². The molecule has 1 atom stereocenters. The maximum absolute atomic E-state index is 4.50. The lowest BCUT2D eigenvalue weighted by Crippen LogP contribution is -2.18. The van der Waals surface area contributed by atoms with E-state index in [-0.39, 0.29) is 0 Å². The molecule has 1 N–H and O–H groups in total. The van der Waals surface area contributed by atoms with Gasteiger partial charge in [-0.05, 0) is 39.2 Å². The third-order valence-corrected chi connectivity index (χ3v) is 3.97. The molecule has 92 valence electrons. The van der Waals surface area contributed by atoms with Gasteiger partial charge < -0.3 is 5.32 Å². The van der Waals surface area contributed by atoms with E-state index < -0.39 is 0 Å². The van der Waals surface area contributed by atoms with Crippen LogP contribution in [0.25, 0.3) is 0 Å². The Bertz CT molecular complexity index is 336. The van der Waals surface area contributed by atoms with E-state index in [1.807, 2.05) is 18.4 Å². The van der Waals surface area contributed by atoms with E-state index in [0.717, 1.165) is 0 Å². The Morgan fingerprint density at radius 2 is 1.94 bits per heavy atom. The van der Waals surface area contributed by atoms with Gasteiger partial charge in [-0.15, -0.1) is 11.3 Å². The molecule has 0 saturated heterocycles. The minimum absolute atomic E-state index is 0.405. The van der Waals surface area contributed by atoms with Crippen LogP contribution in [0.2, 0.25) is 0 Å². The molecule has 0 aromatic carbocycles. The maximum atomic E-state index is 4.50. The molecule has 0 amide bonds. The zero-order chi connectivity index (χ0) is 12.3. The second kappa shape index (κ2) is 5.28. The molecule has 1 aromatic rings. The maximum Gasteiger partial charge on any atom is 0.0900 e. The van der Waals surface area contributed by atoms with Crippen LogP contribution < -0.4 is 5.32 Å². The van der Waals surface area contributed by atoms with Crippen molar-refractivity contribution in [2.45, 2.75) is 53.5 Å². The third kappa shape index (κ3) is 3.87. The largest absolute Gasteiger partial charge is 0.312 e.